The second kappa shape index (κ2) is 5.08. The summed E-state index contributed by atoms with van der Waals surface area (Å²) in [6.45, 7) is 0. The predicted octanol–water partition coefficient (Wildman–Crippen LogP) is 3.52. The van der Waals surface area contributed by atoms with E-state index in [9.17, 15) is 0 Å². The lowest BCUT2D eigenvalue weighted by Gasteiger charge is -2.17. The highest BCUT2D eigenvalue weighted by Crippen LogP contribution is 2.31. The fourth-order valence-corrected chi connectivity index (χ4v) is 2.71. The maximum absolute atomic E-state index is 6.28. The molecule has 0 saturated carbocycles. The van der Waals surface area contributed by atoms with Crippen LogP contribution in [0.2, 0.25) is 5.02 Å². The van der Waals surface area contributed by atoms with Gasteiger partial charge in [0.15, 0.2) is 0 Å². The van der Waals surface area contributed by atoms with Gasteiger partial charge in [-0.05, 0) is 29.1 Å². The highest BCUT2D eigenvalue weighted by atomic mass is 35.5. The van der Waals surface area contributed by atoms with E-state index in [1.165, 1.54) is 0 Å². The smallest absolute Gasteiger partial charge is 0.0660 e. The minimum atomic E-state index is -0.140. The van der Waals surface area contributed by atoms with Gasteiger partial charge in [0.25, 0.3) is 0 Å². The molecule has 0 bridgehead atoms. The number of benzene rings is 1. The zero-order chi connectivity index (χ0) is 12.4. The minimum absolute atomic E-state index is 0.140. The summed E-state index contributed by atoms with van der Waals surface area (Å²) in [5, 5.41) is 2.74. The Labute approximate surface area is 111 Å². The van der Waals surface area contributed by atoms with Crippen LogP contribution in [-0.4, -0.2) is 14.1 Å². The summed E-state index contributed by atoms with van der Waals surface area (Å²) in [5.41, 5.74) is 8.25. The van der Waals surface area contributed by atoms with E-state index in [1.807, 2.05) is 54.7 Å². The lowest BCUT2D eigenvalue weighted by Crippen LogP contribution is -2.12. The molecule has 0 aliphatic rings. The van der Waals surface area contributed by atoms with Crippen molar-refractivity contribution in [2.45, 2.75) is 6.04 Å². The summed E-state index contributed by atoms with van der Waals surface area (Å²) in [7, 11) is 3.98. The Hall–Kier alpha value is -1.03. The summed E-state index contributed by atoms with van der Waals surface area (Å²) in [4.78, 5) is 3.15. The lowest BCUT2D eigenvalue weighted by atomic mass is 10.1. The molecule has 0 saturated heterocycles. The van der Waals surface area contributed by atoms with Crippen LogP contribution in [0.25, 0.3) is 0 Å². The van der Waals surface area contributed by atoms with Gasteiger partial charge in [0, 0.05) is 29.7 Å². The zero-order valence-electron chi connectivity index (χ0n) is 9.85. The molecule has 0 unspecified atom stereocenters. The fourth-order valence-electron chi connectivity index (χ4n) is 1.67. The van der Waals surface area contributed by atoms with Crippen molar-refractivity contribution < 1.29 is 0 Å². The van der Waals surface area contributed by atoms with E-state index in [0.29, 0.717) is 0 Å². The first-order valence-corrected chi connectivity index (χ1v) is 6.61. The summed E-state index contributed by atoms with van der Waals surface area (Å²) in [6, 6.07) is 9.88. The molecular formula is C13H15ClN2S. The molecule has 0 fully saturated rings. The van der Waals surface area contributed by atoms with Crippen molar-refractivity contribution in [2.24, 2.45) is 5.73 Å². The number of halogens is 1. The van der Waals surface area contributed by atoms with Crippen LogP contribution in [0.5, 0.6) is 0 Å². The van der Waals surface area contributed by atoms with Crippen LogP contribution in [0.4, 0.5) is 5.69 Å². The van der Waals surface area contributed by atoms with Gasteiger partial charge in [0.05, 0.1) is 6.04 Å². The molecule has 1 aromatic heterocycles. The monoisotopic (exact) mass is 266 g/mol. The first-order chi connectivity index (χ1) is 8.09. The van der Waals surface area contributed by atoms with Gasteiger partial charge >= 0.3 is 0 Å². The second-order valence-electron chi connectivity index (χ2n) is 4.09. The maximum atomic E-state index is 6.28. The molecule has 0 amide bonds. The Morgan fingerprint density at radius 1 is 1.29 bits per heavy atom. The Kier molecular flexibility index (Phi) is 3.72. The molecule has 2 nitrogen and oxygen atoms in total. The average molecular weight is 267 g/mol. The molecule has 2 rings (SSSR count). The average Bonchev–Trinajstić information content (AvgIpc) is 2.81. The van der Waals surface area contributed by atoms with Crippen molar-refractivity contribution in [3.63, 3.8) is 0 Å². The van der Waals surface area contributed by atoms with Gasteiger partial charge in [-0.1, -0.05) is 23.7 Å². The van der Waals surface area contributed by atoms with Crippen molar-refractivity contribution in [1.82, 2.24) is 0 Å². The van der Waals surface area contributed by atoms with Gasteiger partial charge in [0.2, 0.25) is 0 Å². The largest absolute Gasteiger partial charge is 0.378 e. The van der Waals surface area contributed by atoms with Gasteiger partial charge in [-0.3, -0.25) is 0 Å². The molecule has 0 aliphatic heterocycles. The van der Waals surface area contributed by atoms with Crippen molar-refractivity contribution in [2.75, 3.05) is 19.0 Å². The Morgan fingerprint density at radius 3 is 2.59 bits per heavy atom. The van der Waals surface area contributed by atoms with Crippen LogP contribution in [0.15, 0.2) is 35.7 Å². The number of anilines is 1. The molecule has 0 aliphatic carbocycles. The van der Waals surface area contributed by atoms with Crippen molar-refractivity contribution in [1.29, 1.82) is 0 Å². The van der Waals surface area contributed by atoms with Crippen LogP contribution in [0.1, 0.15) is 16.5 Å². The van der Waals surface area contributed by atoms with Gasteiger partial charge in [-0.25, -0.2) is 0 Å². The van der Waals surface area contributed by atoms with E-state index in [1.54, 1.807) is 11.3 Å². The molecular weight excluding hydrogens is 252 g/mol. The van der Waals surface area contributed by atoms with Crippen molar-refractivity contribution in [3.05, 3.63) is 51.2 Å². The number of hydrogen-bond acceptors (Lipinski definition) is 3. The molecule has 1 atom stereocenters. The topological polar surface area (TPSA) is 29.3 Å². The molecule has 1 heterocycles. The normalized spacial score (nSPS) is 12.5. The van der Waals surface area contributed by atoms with E-state index in [-0.39, 0.29) is 6.04 Å². The maximum Gasteiger partial charge on any atom is 0.0660 e. The number of thiophene rings is 1. The molecule has 90 valence electrons. The third-order valence-electron chi connectivity index (χ3n) is 2.69. The van der Waals surface area contributed by atoms with E-state index in [2.05, 4.69) is 0 Å². The fraction of sp³-hybridized carbons (Fsp3) is 0.231. The second-order valence-corrected chi connectivity index (χ2v) is 5.48. The predicted molar refractivity (Wildman–Crippen MR) is 76.1 cm³/mol. The quantitative estimate of drug-likeness (QED) is 0.921. The van der Waals surface area contributed by atoms with E-state index >= 15 is 0 Å². The number of nitrogens with zero attached hydrogens (tertiary/aromatic N) is 1. The van der Waals surface area contributed by atoms with Gasteiger partial charge < -0.3 is 10.6 Å². The molecule has 4 heteroatoms. The summed E-state index contributed by atoms with van der Waals surface area (Å²) >= 11 is 7.93. The SMILES string of the molecule is CN(C)c1ccc([C@@H](N)c2cccs2)c(Cl)c1. The van der Waals surface area contributed by atoms with E-state index in [0.717, 1.165) is 21.2 Å². The molecule has 0 radical (unpaired) electrons. The number of hydrogen-bond donors (Lipinski definition) is 1. The van der Waals surface area contributed by atoms with Crippen LogP contribution >= 0.6 is 22.9 Å². The first kappa shape index (κ1) is 12.4. The first-order valence-electron chi connectivity index (χ1n) is 5.35. The zero-order valence-corrected chi connectivity index (χ0v) is 11.4. The Balaban J connectivity index is 2.34. The molecule has 17 heavy (non-hydrogen) atoms. The number of rotatable bonds is 3. The number of nitrogens with two attached hydrogens (primary N) is 1. The third kappa shape index (κ3) is 2.63. The Bertz CT molecular complexity index is 494. The summed E-state index contributed by atoms with van der Waals surface area (Å²) in [6.07, 6.45) is 0. The highest BCUT2D eigenvalue weighted by molar-refractivity contribution is 7.10. The Morgan fingerprint density at radius 2 is 2.06 bits per heavy atom. The molecule has 1 aromatic carbocycles. The van der Waals surface area contributed by atoms with Crippen LogP contribution < -0.4 is 10.6 Å². The molecule has 2 aromatic rings. The van der Waals surface area contributed by atoms with Gasteiger partial charge in [0.1, 0.15) is 0 Å². The van der Waals surface area contributed by atoms with Crippen molar-refractivity contribution >= 4 is 28.6 Å². The standard InChI is InChI=1S/C13H15ClN2S/c1-16(2)9-5-6-10(11(14)8-9)13(15)12-4-3-7-17-12/h3-8,13H,15H2,1-2H3/t13-/m1/s1. The summed E-state index contributed by atoms with van der Waals surface area (Å²) in [5.74, 6) is 0. The third-order valence-corrected chi connectivity index (χ3v) is 3.97. The van der Waals surface area contributed by atoms with Crippen molar-refractivity contribution in [3.8, 4) is 0 Å². The highest BCUT2D eigenvalue weighted by Gasteiger charge is 2.13. The molecule has 0 spiro atoms. The van der Waals surface area contributed by atoms with E-state index < -0.39 is 0 Å². The lowest BCUT2D eigenvalue weighted by molar-refractivity contribution is 0.893. The van der Waals surface area contributed by atoms with Gasteiger partial charge in [-0.15, -0.1) is 11.3 Å². The van der Waals surface area contributed by atoms with Crippen LogP contribution in [0.3, 0.4) is 0 Å². The summed E-state index contributed by atoms with van der Waals surface area (Å²) < 4.78 is 0. The van der Waals surface area contributed by atoms with Crippen LogP contribution in [0, 0.1) is 0 Å². The van der Waals surface area contributed by atoms with Gasteiger partial charge in [-0.2, -0.15) is 0 Å². The minimum Gasteiger partial charge on any atom is -0.378 e. The molecule has 2 N–H and O–H groups in total. The van der Waals surface area contributed by atoms with Crippen LogP contribution in [-0.2, 0) is 0 Å². The van der Waals surface area contributed by atoms with E-state index in [4.69, 9.17) is 17.3 Å².